The fourth-order valence-electron chi connectivity index (χ4n) is 1.95. The van der Waals surface area contributed by atoms with Gasteiger partial charge in [-0.1, -0.05) is 12.1 Å². The van der Waals surface area contributed by atoms with E-state index in [1.54, 1.807) is 0 Å². The number of nitrogens with zero attached hydrogens (tertiary/aromatic N) is 1. The lowest BCUT2D eigenvalue weighted by Crippen LogP contribution is -2.30. The highest BCUT2D eigenvalue weighted by Crippen LogP contribution is 2.11. The van der Waals surface area contributed by atoms with Gasteiger partial charge in [-0.15, -0.1) is 0 Å². The summed E-state index contributed by atoms with van der Waals surface area (Å²) in [4.78, 5) is 39.6. The number of hydrogen-bond acceptors (Lipinski definition) is 4. The first-order valence-electron chi connectivity index (χ1n) is 7.00. The van der Waals surface area contributed by atoms with Gasteiger partial charge in [0.15, 0.2) is 11.4 Å². The molecule has 0 aliphatic carbocycles. The van der Waals surface area contributed by atoms with Gasteiger partial charge in [0.05, 0.1) is 0 Å². The van der Waals surface area contributed by atoms with Crippen LogP contribution >= 0.6 is 0 Å². The molecule has 1 aromatic carbocycles. The highest BCUT2D eigenvalue weighted by atomic mass is 19.1. The fourth-order valence-corrected chi connectivity index (χ4v) is 1.95. The van der Waals surface area contributed by atoms with E-state index in [0.29, 0.717) is 5.56 Å². The molecule has 2 rings (SSSR count). The summed E-state index contributed by atoms with van der Waals surface area (Å²) in [5.41, 5.74) is -0.926. The van der Waals surface area contributed by atoms with E-state index in [2.05, 4.69) is 10.3 Å². The maximum absolute atomic E-state index is 12.8. The average molecular weight is 333 g/mol. The van der Waals surface area contributed by atoms with E-state index in [1.807, 2.05) is 0 Å². The molecule has 0 unspecified atom stereocenters. The van der Waals surface area contributed by atoms with Gasteiger partial charge in [0, 0.05) is 26.8 Å². The summed E-state index contributed by atoms with van der Waals surface area (Å²) in [5, 5.41) is 12.3. The van der Waals surface area contributed by atoms with E-state index in [0.717, 1.165) is 6.20 Å². The minimum Gasteiger partial charge on any atom is -0.503 e. The van der Waals surface area contributed by atoms with Gasteiger partial charge in [-0.2, -0.15) is 0 Å². The summed E-state index contributed by atoms with van der Waals surface area (Å²) in [7, 11) is 2.92. The van der Waals surface area contributed by atoms with Crippen molar-refractivity contribution in [1.29, 1.82) is 0 Å². The third-order valence-electron chi connectivity index (χ3n) is 3.29. The third kappa shape index (κ3) is 3.60. The zero-order valence-electron chi connectivity index (χ0n) is 13.1. The van der Waals surface area contributed by atoms with Crippen LogP contribution in [0.5, 0.6) is 5.75 Å². The first-order chi connectivity index (χ1) is 11.3. The Balaban J connectivity index is 2.18. The monoisotopic (exact) mass is 333 g/mol. The van der Waals surface area contributed by atoms with E-state index in [-0.39, 0.29) is 17.8 Å². The SMILES string of the molecule is CN(C)C(=O)c1[nH]cc(C(=O)NCc2ccc(F)cc2)c(=O)c1O. The third-order valence-corrected chi connectivity index (χ3v) is 3.29. The van der Waals surface area contributed by atoms with Crippen LogP contribution in [-0.2, 0) is 6.54 Å². The molecule has 126 valence electrons. The number of amides is 2. The normalized spacial score (nSPS) is 10.3. The summed E-state index contributed by atoms with van der Waals surface area (Å²) in [6, 6.07) is 5.50. The number of aromatic amines is 1. The number of H-pyrrole nitrogens is 1. The molecule has 7 nitrogen and oxygen atoms in total. The second-order valence-corrected chi connectivity index (χ2v) is 5.26. The van der Waals surface area contributed by atoms with Gasteiger partial charge in [-0.05, 0) is 17.7 Å². The minimum atomic E-state index is -0.949. The Hall–Kier alpha value is -3.16. The maximum atomic E-state index is 12.8. The molecule has 2 aromatic rings. The number of hydrogen-bond donors (Lipinski definition) is 3. The van der Waals surface area contributed by atoms with Gasteiger partial charge < -0.3 is 20.3 Å². The topological polar surface area (TPSA) is 103 Å². The Kier molecular flexibility index (Phi) is 4.98. The van der Waals surface area contributed by atoms with Crippen LogP contribution in [0.4, 0.5) is 4.39 Å². The standard InChI is InChI=1S/C16H16FN3O4/c1-20(2)16(24)12-14(22)13(21)11(8-18-12)15(23)19-7-9-3-5-10(17)6-4-9/h3-6,8,22H,7H2,1-2H3,(H,18,21)(H,19,23). The van der Waals surface area contributed by atoms with Crippen molar-refractivity contribution in [2.24, 2.45) is 0 Å². The number of rotatable bonds is 4. The van der Waals surface area contributed by atoms with Crippen molar-refractivity contribution in [3.05, 3.63) is 63.3 Å². The molecule has 1 aromatic heterocycles. The van der Waals surface area contributed by atoms with Gasteiger partial charge in [0.1, 0.15) is 11.4 Å². The first kappa shape index (κ1) is 17.2. The number of aromatic hydroxyl groups is 1. The number of carbonyl (C=O) groups excluding carboxylic acids is 2. The van der Waals surface area contributed by atoms with E-state index >= 15 is 0 Å². The van der Waals surface area contributed by atoms with Crippen LogP contribution < -0.4 is 10.7 Å². The van der Waals surface area contributed by atoms with Crippen molar-refractivity contribution in [2.45, 2.75) is 6.54 Å². The number of pyridine rings is 1. The first-order valence-corrected chi connectivity index (χ1v) is 7.00. The molecule has 0 aliphatic heterocycles. The maximum Gasteiger partial charge on any atom is 0.273 e. The molecule has 0 saturated heterocycles. The lowest BCUT2D eigenvalue weighted by atomic mass is 10.2. The molecule has 0 fully saturated rings. The molecule has 2 amide bonds. The molecule has 0 bridgehead atoms. The van der Waals surface area contributed by atoms with Gasteiger partial charge in [0.25, 0.3) is 11.8 Å². The fraction of sp³-hybridized carbons (Fsp3) is 0.188. The molecule has 0 saturated carbocycles. The Morgan fingerprint density at radius 3 is 2.46 bits per heavy atom. The summed E-state index contributed by atoms with van der Waals surface area (Å²) >= 11 is 0. The number of nitrogens with one attached hydrogen (secondary N) is 2. The van der Waals surface area contributed by atoms with E-state index in [4.69, 9.17) is 0 Å². The Morgan fingerprint density at radius 2 is 1.88 bits per heavy atom. The van der Waals surface area contributed by atoms with Crippen molar-refractivity contribution in [1.82, 2.24) is 15.2 Å². The molecule has 1 heterocycles. The number of carbonyl (C=O) groups is 2. The average Bonchev–Trinajstić information content (AvgIpc) is 2.55. The predicted molar refractivity (Wildman–Crippen MR) is 84.3 cm³/mol. The highest BCUT2D eigenvalue weighted by Gasteiger charge is 2.21. The summed E-state index contributed by atoms with van der Waals surface area (Å²) < 4.78 is 12.8. The smallest absolute Gasteiger partial charge is 0.273 e. The van der Waals surface area contributed by atoms with E-state index in [9.17, 15) is 23.9 Å². The second kappa shape index (κ2) is 6.95. The second-order valence-electron chi connectivity index (χ2n) is 5.26. The molecular formula is C16H16FN3O4. The van der Waals surface area contributed by atoms with Crippen molar-refractivity contribution < 1.29 is 19.1 Å². The van der Waals surface area contributed by atoms with Crippen molar-refractivity contribution in [3.8, 4) is 5.75 Å². The van der Waals surface area contributed by atoms with Crippen LogP contribution in [0.1, 0.15) is 26.4 Å². The summed E-state index contributed by atoms with van der Waals surface area (Å²) in [6.45, 7) is 0.0810. The Bertz CT molecular complexity index is 828. The Labute approximate surface area is 136 Å². The van der Waals surface area contributed by atoms with Crippen LogP contribution in [0.25, 0.3) is 0 Å². The van der Waals surface area contributed by atoms with E-state index < -0.39 is 28.8 Å². The van der Waals surface area contributed by atoms with Gasteiger partial charge in [-0.3, -0.25) is 14.4 Å². The summed E-state index contributed by atoms with van der Waals surface area (Å²) in [6.07, 6.45) is 1.07. The summed E-state index contributed by atoms with van der Waals surface area (Å²) in [5.74, 6) is -2.53. The van der Waals surface area contributed by atoms with Crippen molar-refractivity contribution >= 4 is 11.8 Å². The number of benzene rings is 1. The van der Waals surface area contributed by atoms with Crippen molar-refractivity contribution in [2.75, 3.05) is 14.1 Å². The molecule has 24 heavy (non-hydrogen) atoms. The molecule has 0 atom stereocenters. The van der Waals surface area contributed by atoms with Crippen molar-refractivity contribution in [3.63, 3.8) is 0 Å². The van der Waals surface area contributed by atoms with E-state index in [1.165, 1.54) is 43.3 Å². The van der Waals surface area contributed by atoms with Crippen LogP contribution in [0.2, 0.25) is 0 Å². The minimum absolute atomic E-state index is 0.0810. The zero-order valence-corrected chi connectivity index (χ0v) is 13.1. The van der Waals surface area contributed by atoms with Crippen LogP contribution in [0.15, 0.2) is 35.3 Å². The molecule has 0 spiro atoms. The van der Waals surface area contributed by atoms with Crippen LogP contribution in [0.3, 0.4) is 0 Å². The molecule has 3 N–H and O–H groups in total. The lowest BCUT2D eigenvalue weighted by Gasteiger charge is -2.12. The number of aromatic nitrogens is 1. The lowest BCUT2D eigenvalue weighted by molar-refractivity contribution is 0.0817. The highest BCUT2D eigenvalue weighted by molar-refractivity contribution is 5.98. The largest absolute Gasteiger partial charge is 0.503 e. The predicted octanol–water partition coefficient (Wildman–Crippen LogP) is 0.851. The number of halogens is 1. The molecule has 0 aliphatic rings. The molecule has 8 heteroatoms. The zero-order chi connectivity index (χ0) is 17.9. The van der Waals surface area contributed by atoms with Gasteiger partial charge in [0.2, 0.25) is 5.43 Å². The molecular weight excluding hydrogens is 317 g/mol. The van der Waals surface area contributed by atoms with Crippen LogP contribution in [-0.4, -0.2) is 40.9 Å². The van der Waals surface area contributed by atoms with Gasteiger partial charge >= 0.3 is 0 Å². The quantitative estimate of drug-likeness (QED) is 0.772. The Morgan fingerprint density at radius 1 is 1.25 bits per heavy atom. The molecule has 0 radical (unpaired) electrons. The van der Waals surface area contributed by atoms with Crippen LogP contribution in [0, 0.1) is 5.82 Å². The van der Waals surface area contributed by atoms with Gasteiger partial charge in [-0.25, -0.2) is 4.39 Å².